The summed E-state index contributed by atoms with van der Waals surface area (Å²) in [6, 6.07) is 18.5. The van der Waals surface area contributed by atoms with Crippen LogP contribution in [0, 0.1) is 5.92 Å². The third-order valence-corrected chi connectivity index (χ3v) is 11.2. The van der Waals surface area contributed by atoms with Gasteiger partial charge in [0.2, 0.25) is 17.8 Å². The van der Waals surface area contributed by atoms with Crippen molar-refractivity contribution >= 4 is 46.1 Å². The van der Waals surface area contributed by atoms with E-state index in [9.17, 15) is 32.7 Å². The Morgan fingerprint density at radius 3 is 2.39 bits per heavy atom. The SMILES string of the molecule is CN(Cc1ccc(NC2CCC(=O)NC2=O)cc1)C1CCN(c2ccc3nc(NC(=O)c4cccc(C(F)(F)F)c4)n(C4CCC(CO)CC4)c3c2)CC1. The van der Waals surface area contributed by atoms with Crippen LogP contribution in [0.3, 0.4) is 0 Å². The molecule has 3 heterocycles. The van der Waals surface area contributed by atoms with Crippen LogP contribution in [-0.4, -0.2) is 76.1 Å². The van der Waals surface area contributed by atoms with Crippen LogP contribution >= 0.6 is 0 Å². The third-order valence-electron chi connectivity index (χ3n) is 11.2. The first-order chi connectivity index (χ1) is 25.9. The van der Waals surface area contributed by atoms with Gasteiger partial charge in [-0.05, 0) is 112 Å². The first kappa shape index (κ1) is 37.4. The van der Waals surface area contributed by atoms with E-state index in [-0.39, 0.29) is 35.9 Å². The van der Waals surface area contributed by atoms with Gasteiger partial charge in [-0.25, -0.2) is 4.98 Å². The molecule has 1 aromatic heterocycles. The number of nitrogens with one attached hydrogen (secondary N) is 3. The molecule has 3 fully saturated rings. The second-order valence-electron chi connectivity index (χ2n) is 14.8. The molecule has 0 radical (unpaired) electrons. The summed E-state index contributed by atoms with van der Waals surface area (Å²) in [6.45, 7) is 2.61. The Balaban J connectivity index is 1.02. The summed E-state index contributed by atoms with van der Waals surface area (Å²) in [5.41, 5.74) is 3.61. The zero-order valence-electron chi connectivity index (χ0n) is 30.2. The molecule has 4 aromatic rings. The normalized spacial score (nSPS) is 21.4. The first-order valence-corrected chi connectivity index (χ1v) is 18.7. The van der Waals surface area contributed by atoms with Gasteiger partial charge in [-0.2, -0.15) is 13.2 Å². The van der Waals surface area contributed by atoms with E-state index in [4.69, 9.17) is 4.98 Å². The van der Waals surface area contributed by atoms with E-state index in [0.29, 0.717) is 30.3 Å². The second kappa shape index (κ2) is 15.8. The molecule has 7 rings (SSSR count). The number of imidazole rings is 1. The number of piperidine rings is 2. The molecule has 4 N–H and O–H groups in total. The van der Waals surface area contributed by atoms with Crippen LogP contribution in [0.5, 0.6) is 0 Å². The van der Waals surface area contributed by atoms with Gasteiger partial charge in [0.25, 0.3) is 5.91 Å². The Bertz CT molecular complexity index is 1980. The Hall–Kier alpha value is -4.95. The molecule has 3 amide bonds. The van der Waals surface area contributed by atoms with Crippen LogP contribution < -0.4 is 20.9 Å². The summed E-state index contributed by atoms with van der Waals surface area (Å²) < 4.78 is 42.3. The van der Waals surface area contributed by atoms with Crippen LogP contribution in [0.25, 0.3) is 11.0 Å². The zero-order chi connectivity index (χ0) is 38.0. The maximum Gasteiger partial charge on any atom is 0.416 e. The third kappa shape index (κ3) is 8.39. The van der Waals surface area contributed by atoms with Crippen molar-refractivity contribution < 1.29 is 32.7 Å². The van der Waals surface area contributed by atoms with Gasteiger partial charge in [0.1, 0.15) is 6.04 Å². The highest BCUT2D eigenvalue weighted by atomic mass is 19.4. The minimum Gasteiger partial charge on any atom is -0.396 e. The number of hydrogen-bond donors (Lipinski definition) is 4. The van der Waals surface area contributed by atoms with E-state index in [1.54, 1.807) is 0 Å². The minimum atomic E-state index is -4.57. The summed E-state index contributed by atoms with van der Waals surface area (Å²) in [5, 5.41) is 18.2. The summed E-state index contributed by atoms with van der Waals surface area (Å²) in [5.74, 6) is -0.666. The van der Waals surface area contributed by atoms with Gasteiger partial charge in [-0.1, -0.05) is 18.2 Å². The number of amides is 3. The van der Waals surface area contributed by atoms with Crippen molar-refractivity contribution in [2.75, 3.05) is 42.3 Å². The average molecular weight is 746 g/mol. The molecule has 14 heteroatoms. The van der Waals surface area contributed by atoms with Gasteiger partial charge in [-0.3, -0.25) is 29.9 Å². The Labute approximate surface area is 311 Å². The van der Waals surface area contributed by atoms with Gasteiger partial charge >= 0.3 is 6.18 Å². The van der Waals surface area contributed by atoms with Crippen LogP contribution in [0.1, 0.15) is 78.9 Å². The lowest BCUT2D eigenvalue weighted by Crippen LogP contribution is -2.47. The van der Waals surface area contributed by atoms with Gasteiger partial charge < -0.3 is 19.9 Å². The molecular weight excluding hydrogens is 699 g/mol. The number of alkyl halides is 3. The number of imide groups is 1. The maximum atomic E-state index is 13.4. The maximum absolute atomic E-state index is 13.4. The predicted octanol–water partition coefficient (Wildman–Crippen LogP) is 6.35. The van der Waals surface area contributed by atoms with Crippen molar-refractivity contribution in [1.82, 2.24) is 19.8 Å². The fraction of sp³-hybridized carbons (Fsp3) is 0.450. The number of nitrogens with zero attached hydrogens (tertiary/aromatic N) is 4. The average Bonchev–Trinajstić information content (AvgIpc) is 3.53. The highest BCUT2D eigenvalue weighted by Crippen LogP contribution is 2.38. The number of aliphatic hydroxyl groups is 1. The van der Waals surface area contributed by atoms with E-state index < -0.39 is 23.7 Å². The number of anilines is 3. The predicted molar refractivity (Wildman–Crippen MR) is 200 cm³/mol. The number of hydrogen-bond acceptors (Lipinski definition) is 8. The Kier molecular flexibility index (Phi) is 10.9. The van der Waals surface area contributed by atoms with Crippen LogP contribution in [0.4, 0.5) is 30.5 Å². The molecule has 54 heavy (non-hydrogen) atoms. The van der Waals surface area contributed by atoms with E-state index in [2.05, 4.69) is 51.0 Å². The van der Waals surface area contributed by atoms with E-state index >= 15 is 0 Å². The highest BCUT2D eigenvalue weighted by Gasteiger charge is 2.32. The zero-order valence-corrected chi connectivity index (χ0v) is 30.2. The van der Waals surface area contributed by atoms with Gasteiger partial charge in [0.05, 0.1) is 16.6 Å². The molecule has 3 aliphatic rings. The van der Waals surface area contributed by atoms with Crippen molar-refractivity contribution in [3.8, 4) is 0 Å². The molecule has 11 nitrogen and oxygen atoms in total. The molecular formula is C40H46F3N7O4. The molecule has 0 bridgehead atoms. The van der Waals surface area contributed by atoms with E-state index in [1.807, 2.05) is 28.8 Å². The van der Waals surface area contributed by atoms with Crippen LogP contribution in [-0.2, 0) is 22.3 Å². The molecule has 1 saturated carbocycles. The number of aliphatic hydroxyl groups excluding tert-OH is 1. The number of aromatic nitrogens is 2. The van der Waals surface area contributed by atoms with Crippen molar-refractivity contribution in [2.45, 2.75) is 82.2 Å². The Morgan fingerprint density at radius 2 is 1.70 bits per heavy atom. The minimum absolute atomic E-state index is 0.00604. The lowest BCUT2D eigenvalue weighted by molar-refractivity contribution is -0.137. The molecule has 1 aliphatic carbocycles. The number of rotatable bonds is 10. The second-order valence-corrected chi connectivity index (χ2v) is 14.8. The first-order valence-electron chi connectivity index (χ1n) is 18.7. The van der Waals surface area contributed by atoms with E-state index in [1.165, 1.54) is 12.1 Å². The summed E-state index contributed by atoms with van der Waals surface area (Å²) >= 11 is 0. The van der Waals surface area contributed by atoms with Crippen molar-refractivity contribution in [3.63, 3.8) is 0 Å². The van der Waals surface area contributed by atoms with Crippen molar-refractivity contribution in [3.05, 3.63) is 83.4 Å². The fourth-order valence-corrected chi connectivity index (χ4v) is 8.05. The molecule has 1 atom stereocenters. The standard InChI is InChI=1S/C40H46F3N7O4/c1-48(23-25-5-9-29(10-6-25)44-34-15-16-36(52)46-38(34)54)30-17-19-49(20-18-30)32-13-14-33-35(22-32)50(31-11-7-26(24-51)8-12-31)39(45-33)47-37(53)27-3-2-4-28(21-27)40(41,42)43/h2-6,9-10,13-14,21-22,26,30-31,34,44,51H,7-8,11-12,15-20,23-24H2,1H3,(H,45,47,53)(H,46,52,54). The molecule has 1 unspecified atom stereocenters. The lowest BCUT2D eigenvalue weighted by Gasteiger charge is -2.38. The molecule has 3 aromatic carbocycles. The fourth-order valence-electron chi connectivity index (χ4n) is 8.05. The molecule has 286 valence electrons. The summed E-state index contributed by atoms with van der Waals surface area (Å²) in [4.78, 5) is 46.4. The van der Waals surface area contributed by atoms with Crippen LogP contribution in [0.2, 0.25) is 0 Å². The molecule has 0 spiro atoms. The van der Waals surface area contributed by atoms with Crippen molar-refractivity contribution in [2.24, 2.45) is 5.92 Å². The number of fused-ring (bicyclic) bond motifs is 1. The molecule has 2 aliphatic heterocycles. The topological polar surface area (TPSA) is 132 Å². The van der Waals surface area contributed by atoms with Gasteiger partial charge in [0.15, 0.2) is 0 Å². The quantitative estimate of drug-likeness (QED) is 0.138. The number of carbonyl (C=O) groups is 3. The highest BCUT2D eigenvalue weighted by molar-refractivity contribution is 6.04. The van der Waals surface area contributed by atoms with E-state index in [0.717, 1.165) is 92.7 Å². The lowest BCUT2D eigenvalue weighted by atomic mass is 9.86. The summed E-state index contributed by atoms with van der Waals surface area (Å²) in [7, 11) is 2.14. The van der Waals surface area contributed by atoms with Crippen LogP contribution in [0.15, 0.2) is 66.7 Å². The largest absolute Gasteiger partial charge is 0.416 e. The van der Waals surface area contributed by atoms with Gasteiger partial charge in [0, 0.05) is 61.7 Å². The molecule has 2 saturated heterocycles. The van der Waals surface area contributed by atoms with Crippen molar-refractivity contribution in [1.29, 1.82) is 0 Å². The number of halogens is 3. The number of carbonyl (C=O) groups excluding carboxylic acids is 3. The number of benzene rings is 3. The Morgan fingerprint density at radius 1 is 0.963 bits per heavy atom. The summed E-state index contributed by atoms with van der Waals surface area (Å²) in [6.07, 6.45) is 1.38. The smallest absolute Gasteiger partial charge is 0.396 e. The van der Waals surface area contributed by atoms with Gasteiger partial charge in [-0.15, -0.1) is 0 Å². The monoisotopic (exact) mass is 745 g/mol.